The molecule has 1 aromatic heterocycles. The van der Waals surface area contributed by atoms with Crippen molar-refractivity contribution in [3.8, 4) is 0 Å². The summed E-state index contributed by atoms with van der Waals surface area (Å²) in [6.45, 7) is 14.2. The highest BCUT2D eigenvalue weighted by Gasteiger charge is 2.25. The van der Waals surface area contributed by atoms with Crippen LogP contribution in [0.5, 0.6) is 0 Å². The maximum atomic E-state index is 5.97. The lowest BCUT2D eigenvalue weighted by atomic mass is 9.95. The quantitative estimate of drug-likeness (QED) is 0.855. The molecule has 0 amide bonds. The summed E-state index contributed by atoms with van der Waals surface area (Å²) in [7, 11) is 0. The maximum absolute atomic E-state index is 5.97. The third-order valence-corrected chi connectivity index (χ3v) is 4.24. The summed E-state index contributed by atoms with van der Waals surface area (Å²) in [5.74, 6) is 3.87. The zero-order chi connectivity index (χ0) is 13.8. The van der Waals surface area contributed by atoms with Crippen molar-refractivity contribution in [3.63, 3.8) is 0 Å². The van der Waals surface area contributed by atoms with Gasteiger partial charge in [0.25, 0.3) is 0 Å². The van der Waals surface area contributed by atoms with Gasteiger partial charge >= 0.3 is 0 Å². The summed E-state index contributed by atoms with van der Waals surface area (Å²) in [4.78, 5) is 2.53. The van der Waals surface area contributed by atoms with Crippen LogP contribution in [0.25, 0.3) is 0 Å². The third kappa shape index (κ3) is 3.83. The van der Waals surface area contributed by atoms with Crippen LogP contribution in [0.15, 0.2) is 10.5 Å². The van der Waals surface area contributed by atoms with E-state index in [1.807, 2.05) is 0 Å². The van der Waals surface area contributed by atoms with Gasteiger partial charge in [-0.05, 0) is 49.9 Å². The molecule has 1 unspecified atom stereocenters. The summed E-state index contributed by atoms with van der Waals surface area (Å²) in [6.07, 6.45) is 1.33. The van der Waals surface area contributed by atoms with Crippen molar-refractivity contribution in [2.45, 2.75) is 47.2 Å². The van der Waals surface area contributed by atoms with Crippen LogP contribution in [0.4, 0.5) is 0 Å². The maximum Gasteiger partial charge on any atom is 0.120 e. The molecule has 1 atom stereocenters. The summed E-state index contributed by atoms with van der Waals surface area (Å²) < 4.78 is 5.97. The van der Waals surface area contributed by atoms with E-state index in [0.29, 0.717) is 0 Å². The van der Waals surface area contributed by atoms with Gasteiger partial charge in [-0.25, -0.2) is 0 Å². The molecule has 0 saturated carbocycles. The molecule has 1 aromatic rings. The second-order valence-corrected chi connectivity index (χ2v) is 6.13. The zero-order valence-corrected chi connectivity index (χ0v) is 12.8. The van der Waals surface area contributed by atoms with Crippen molar-refractivity contribution in [2.75, 3.05) is 19.6 Å². The summed E-state index contributed by atoms with van der Waals surface area (Å²) in [5.41, 5.74) is 1.27. The minimum absolute atomic E-state index is 0.799. The predicted molar refractivity (Wildman–Crippen MR) is 79.0 cm³/mol. The van der Waals surface area contributed by atoms with Crippen molar-refractivity contribution < 1.29 is 4.42 Å². The van der Waals surface area contributed by atoms with E-state index >= 15 is 0 Å². The lowest BCUT2D eigenvalue weighted by Crippen LogP contribution is -2.21. The molecule has 3 heteroatoms. The molecule has 1 saturated heterocycles. The molecule has 2 rings (SSSR count). The van der Waals surface area contributed by atoms with Crippen LogP contribution in [0.2, 0.25) is 0 Å². The number of hydrogen-bond donors (Lipinski definition) is 1. The van der Waals surface area contributed by atoms with Gasteiger partial charge < -0.3 is 9.73 Å². The van der Waals surface area contributed by atoms with Crippen LogP contribution in [-0.4, -0.2) is 24.5 Å². The van der Waals surface area contributed by atoms with E-state index in [9.17, 15) is 0 Å². The van der Waals surface area contributed by atoms with E-state index in [1.54, 1.807) is 0 Å². The molecule has 1 fully saturated rings. The minimum atomic E-state index is 0.799. The van der Waals surface area contributed by atoms with Crippen LogP contribution in [0.3, 0.4) is 0 Å². The molecular weight excluding hydrogens is 236 g/mol. The molecule has 1 aliphatic heterocycles. The Morgan fingerprint density at radius 2 is 2.26 bits per heavy atom. The number of furan rings is 1. The number of likely N-dealkylation sites (tertiary alicyclic amines) is 1. The van der Waals surface area contributed by atoms with Gasteiger partial charge in [-0.3, -0.25) is 4.90 Å². The zero-order valence-electron chi connectivity index (χ0n) is 12.8. The Balaban J connectivity index is 1.89. The second-order valence-electron chi connectivity index (χ2n) is 6.13. The van der Waals surface area contributed by atoms with Crippen molar-refractivity contribution in [1.82, 2.24) is 10.2 Å². The molecule has 108 valence electrons. The number of aryl methyl sites for hydroxylation is 1. The van der Waals surface area contributed by atoms with Gasteiger partial charge in [-0.15, -0.1) is 0 Å². The smallest absolute Gasteiger partial charge is 0.120 e. The fourth-order valence-electron chi connectivity index (χ4n) is 2.85. The van der Waals surface area contributed by atoms with Gasteiger partial charge in [0.2, 0.25) is 0 Å². The van der Waals surface area contributed by atoms with Gasteiger partial charge in [-0.2, -0.15) is 0 Å². The molecule has 0 spiro atoms. The molecule has 0 bridgehead atoms. The topological polar surface area (TPSA) is 28.4 Å². The normalized spacial score (nSPS) is 20.6. The van der Waals surface area contributed by atoms with Gasteiger partial charge in [0, 0.05) is 6.54 Å². The first-order chi connectivity index (χ1) is 9.10. The standard InChI is InChI=1S/C16H28N2O/c1-5-17-9-16-13(4)8-15(19-16)11-18-7-6-14(10-18)12(2)3/h8,12,14,17H,5-7,9-11H2,1-4H3. The van der Waals surface area contributed by atoms with Gasteiger partial charge in [0.05, 0.1) is 13.1 Å². The molecule has 3 nitrogen and oxygen atoms in total. The lowest BCUT2D eigenvalue weighted by molar-refractivity contribution is 0.269. The lowest BCUT2D eigenvalue weighted by Gasteiger charge is -2.16. The number of rotatable bonds is 6. The highest BCUT2D eigenvalue weighted by atomic mass is 16.3. The molecule has 0 aliphatic carbocycles. The highest BCUT2D eigenvalue weighted by molar-refractivity contribution is 5.20. The Morgan fingerprint density at radius 1 is 1.47 bits per heavy atom. The first-order valence-corrected chi connectivity index (χ1v) is 7.61. The van der Waals surface area contributed by atoms with E-state index in [1.165, 1.54) is 25.1 Å². The van der Waals surface area contributed by atoms with E-state index in [-0.39, 0.29) is 0 Å². The van der Waals surface area contributed by atoms with Crippen LogP contribution in [0.1, 0.15) is 44.3 Å². The van der Waals surface area contributed by atoms with Crippen LogP contribution < -0.4 is 5.32 Å². The minimum Gasteiger partial charge on any atom is -0.463 e. The molecule has 0 radical (unpaired) electrons. The van der Waals surface area contributed by atoms with Crippen LogP contribution in [-0.2, 0) is 13.1 Å². The molecular formula is C16H28N2O. The summed E-state index contributed by atoms with van der Waals surface area (Å²) in [5, 5.41) is 3.33. The SMILES string of the molecule is CCNCc1oc(CN2CCC(C(C)C)C2)cc1C. The fraction of sp³-hybridized carbons (Fsp3) is 0.750. The summed E-state index contributed by atoms with van der Waals surface area (Å²) >= 11 is 0. The Bertz CT molecular complexity index is 397. The first-order valence-electron chi connectivity index (χ1n) is 7.61. The van der Waals surface area contributed by atoms with Gasteiger partial charge in [-0.1, -0.05) is 20.8 Å². The fourth-order valence-corrected chi connectivity index (χ4v) is 2.85. The predicted octanol–water partition coefficient (Wildman–Crippen LogP) is 3.18. The molecule has 1 aliphatic rings. The van der Waals surface area contributed by atoms with Gasteiger partial charge in [0.1, 0.15) is 11.5 Å². The average Bonchev–Trinajstić information content (AvgIpc) is 2.94. The van der Waals surface area contributed by atoms with E-state index in [0.717, 1.165) is 43.0 Å². The van der Waals surface area contributed by atoms with Crippen molar-refractivity contribution in [2.24, 2.45) is 11.8 Å². The highest BCUT2D eigenvalue weighted by Crippen LogP contribution is 2.25. The first kappa shape index (κ1) is 14.6. The van der Waals surface area contributed by atoms with Crippen molar-refractivity contribution >= 4 is 0 Å². The van der Waals surface area contributed by atoms with Crippen molar-refractivity contribution in [3.05, 3.63) is 23.2 Å². The Morgan fingerprint density at radius 3 is 2.89 bits per heavy atom. The molecule has 2 heterocycles. The van der Waals surface area contributed by atoms with Crippen molar-refractivity contribution in [1.29, 1.82) is 0 Å². The molecule has 1 N–H and O–H groups in total. The largest absolute Gasteiger partial charge is 0.463 e. The second kappa shape index (κ2) is 6.58. The van der Waals surface area contributed by atoms with E-state index in [2.05, 4.69) is 44.0 Å². The average molecular weight is 264 g/mol. The monoisotopic (exact) mass is 264 g/mol. The number of nitrogens with one attached hydrogen (secondary N) is 1. The van der Waals surface area contributed by atoms with Crippen LogP contribution >= 0.6 is 0 Å². The Labute approximate surface area is 117 Å². The van der Waals surface area contributed by atoms with Crippen LogP contribution in [0, 0.1) is 18.8 Å². The number of nitrogens with zero attached hydrogens (tertiary/aromatic N) is 1. The summed E-state index contributed by atoms with van der Waals surface area (Å²) in [6, 6.07) is 2.20. The third-order valence-electron chi connectivity index (χ3n) is 4.24. The Kier molecular flexibility index (Phi) is 5.06. The van der Waals surface area contributed by atoms with E-state index in [4.69, 9.17) is 4.42 Å². The molecule has 19 heavy (non-hydrogen) atoms. The van der Waals surface area contributed by atoms with E-state index < -0.39 is 0 Å². The Hall–Kier alpha value is -0.800. The number of hydrogen-bond acceptors (Lipinski definition) is 3. The molecule has 0 aromatic carbocycles. The van der Waals surface area contributed by atoms with Gasteiger partial charge in [0.15, 0.2) is 0 Å².